The van der Waals surface area contributed by atoms with Gasteiger partial charge in [-0.1, -0.05) is 24.3 Å². The minimum atomic E-state index is 0.0820. The molecule has 0 radical (unpaired) electrons. The van der Waals surface area contributed by atoms with Crippen molar-refractivity contribution in [1.29, 1.82) is 0 Å². The van der Waals surface area contributed by atoms with E-state index in [-0.39, 0.29) is 6.10 Å². The molecule has 0 aromatic rings. The number of allylic oxidation sites excluding steroid dienone is 4. The molecule has 0 aromatic heterocycles. The molecule has 1 aliphatic heterocycles. The van der Waals surface area contributed by atoms with Gasteiger partial charge >= 0.3 is 0 Å². The van der Waals surface area contributed by atoms with Gasteiger partial charge in [0.1, 0.15) is 11.9 Å². The van der Waals surface area contributed by atoms with Gasteiger partial charge in [0.15, 0.2) is 0 Å². The van der Waals surface area contributed by atoms with E-state index in [1.807, 2.05) is 36.5 Å². The van der Waals surface area contributed by atoms with E-state index in [0.29, 0.717) is 6.54 Å². The van der Waals surface area contributed by atoms with Crippen molar-refractivity contribution in [3.8, 4) is 0 Å². The molecule has 62 valence electrons. The lowest BCUT2D eigenvalue weighted by Crippen LogP contribution is -2.08. The molecule has 0 fully saturated rings. The zero-order valence-corrected chi connectivity index (χ0v) is 6.73. The highest BCUT2D eigenvalue weighted by atomic mass is 16.5. The van der Waals surface area contributed by atoms with Crippen LogP contribution in [0.3, 0.4) is 0 Å². The lowest BCUT2D eigenvalue weighted by atomic mass is 10.1. The molecule has 0 amide bonds. The smallest absolute Gasteiger partial charge is 0.142 e. The van der Waals surface area contributed by atoms with Crippen molar-refractivity contribution in [2.24, 2.45) is 5.73 Å². The van der Waals surface area contributed by atoms with Crippen LogP contribution in [0.25, 0.3) is 0 Å². The first kappa shape index (κ1) is 7.37. The molecule has 2 N–H and O–H groups in total. The standard InChI is InChI=1S/C10H11NO/c11-7-9-6-8-4-2-1-3-5-10(8)12-9/h1-6,10H,7,11H2. The number of hydrogen-bond acceptors (Lipinski definition) is 2. The van der Waals surface area contributed by atoms with Gasteiger partial charge in [-0.05, 0) is 17.7 Å². The molecular weight excluding hydrogens is 150 g/mol. The van der Waals surface area contributed by atoms with Gasteiger partial charge in [-0.25, -0.2) is 0 Å². The highest BCUT2D eigenvalue weighted by Crippen LogP contribution is 2.24. The predicted molar refractivity (Wildman–Crippen MR) is 48.4 cm³/mol. The molecule has 2 rings (SSSR count). The molecular formula is C10H11NO. The van der Waals surface area contributed by atoms with Gasteiger partial charge in [0.2, 0.25) is 0 Å². The molecule has 1 unspecified atom stereocenters. The Labute approximate surface area is 71.7 Å². The maximum Gasteiger partial charge on any atom is 0.142 e. The normalized spacial score (nSPS) is 25.6. The van der Waals surface area contributed by atoms with E-state index in [4.69, 9.17) is 10.5 Å². The van der Waals surface area contributed by atoms with Crippen LogP contribution in [0.5, 0.6) is 0 Å². The maximum atomic E-state index is 5.54. The molecule has 0 saturated heterocycles. The Morgan fingerprint density at radius 1 is 1.33 bits per heavy atom. The number of rotatable bonds is 1. The summed E-state index contributed by atoms with van der Waals surface area (Å²) in [7, 11) is 0. The summed E-state index contributed by atoms with van der Waals surface area (Å²) in [4.78, 5) is 0. The van der Waals surface area contributed by atoms with E-state index in [1.165, 1.54) is 5.57 Å². The Balaban J connectivity index is 2.27. The Bertz CT molecular complexity index is 297. The second kappa shape index (κ2) is 2.99. The summed E-state index contributed by atoms with van der Waals surface area (Å²) in [5.74, 6) is 0.867. The summed E-state index contributed by atoms with van der Waals surface area (Å²) in [6.45, 7) is 0.478. The molecule has 0 bridgehead atoms. The van der Waals surface area contributed by atoms with Crippen LogP contribution in [0.15, 0.2) is 47.8 Å². The van der Waals surface area contributed by atoms with Crippen LogP contribution in [-0.4, -0.2) is 12.6 Å². The first-order valence-corrected chi connectivity index (χ1v) is 4.02. The topological polar surface area (TPSA) is 35.2 Å². The largest absolute Gasteiger partial charge is 0.485 e. The predicted octanol–water partition coefficient (Wildman–Crippen LogP) is 1.28. The van der Waals surface area contributed by atoms with Gasteiger partial charge in [0, 0.05) is 0 Å². The van der Waals surface area contributed by atoms with E-state index >= 15 is 0 Å². The molecule has 0 aromatic carbocycles. The molecule has 12 heavy (non-hydrogen) atoms. The minimum Gasteiger partial charge on any atom is -0.485 e. The van der Waals surface area contributed by atoms with Crippen molar-refractivity contribution in [3.63, 3.8) is 0 Å². The average Bonchev–Trinajstić information content (AvgIpc) is 2.37. The third-order valence-corrected chi connectivity index (χ3v) is 1.93. The zero-order chi connectivity index (χ0) is 8.39. The van der Waals surface area contributed by atoms with Gasteiger partial charge < -0.3 is 10.5 Å². The number of fused-ring (bicyclic) bond motifs is 1. The summed E-state index contributed by atoms with van der Waals surface area (Å²) >= 11 is 0. The zero-order valence-electron chi connectivity index (χ0n) is 6.73. The van der Waals surface area contributed by atoms with Crippen LogP contribution >= 0.6 is 0 Å². The van der Waals surface area contributed by atoms with Crippen molar-refractivity contribution in [1.82, 2.24) is 0 Å². The Morgan fingerprint density at radius 3 is 3.08 bits per heavy atom. The summed E-state index contributed by atoms with van der Waals surface area (Å²) in [6, 6.07) is 0. The molecule has 1 heterocycles. The molecule has 2 aliphatic rings. The fraction of sp³-hybridized carbons (Fsp3) is 0.200. The molecule has 0 saturated carbocycles. The summed E-state index contributed by atoms with van der Waals surface area (Å²) in [5, 5.41) is 0. The van der Waals surface area contributed by atoms with Crippen molar-refractivity contribution in [2.45, 2.75) is 6.10 Å². The summed E-state index contributed by atoms with van der Waals surface area (Å²) in [6.07, 6.45) is 12.1. The van der Waals surface area contributed by atoms with E-state index < -0.39 is 0 Å². The molecule has 1 atom stereocenters. The first-order valence-electron chi connectivity index (χ1n) is 4.02. The monoisotopic (exact) mass is 161 g/mol. The van der Waals surface area contributed by atoms with Gasteiger partial charge in [-0.3, -0.25) is 0 Å². The second-order valence-corrected chi connectivity index (χ2v) is 2.79. The van der Waals surface area contributed by atoms with Crippen molar-refractivity contribution in [3.05, 3.63) is 47.8 Å². The third-order valence-electron chi connectivity index (χ3n) is 1.93. The van der Waals surface area contributed by atoms with Crippen LogP contribution in [0.4, 0.5) is 0 Å². The lowest BCUT2D eigenvalue weighted by Gasteiger charge is -2.07. The van der Waals surface area contributed by atoms with Crippen LogP contribution in [-0.2, 0) is 4.74 Å². The summed E-state index contributed by atoms with van der Waals surface area (Å²) in [5.41, 5.74) is 6.65. The Hall–Kier alpha value is -1.28. The lowest BCUT2D eigenvalue weighted by molar-refractivity contribution is 0.202. The first-order chi connectivity index (χ1) is 5.90. The Kier molecular flexibility index (Phi) is 1.84. The van der Waals surface area contributed by atoms with Crippen molar-refractivity contribution >= 4 is 0 Å². The summed E-state index contributed by atoms with van der Waals surface area (Å²) < 4.78 is 5.54. The van der Waals surface area contributed by atoms with Crippen molar-refractivity contribution < 1.29 is 4.74 Å². The molecule has 1 aliphatic carbocycles. The van der Waals surface area contributed by atoms with Crippen LogP contribution in [0.2, 0.25) is 0 Å². The van der Waals surface area contributed by atoms with E-state index in [1.54, 1.807) is 0 Å². The molecule has 2 heteroatoms. The fourth-order valence-corrected chi connectivity index (χ4v) is 1.33. The van der Waals surface area contributed by atoms with E-state index in [0.717, 1.165) is 5.76 Å². The van der Waals surface area contributed by atoms with Crippen molar-refractivity contribution in [2.75, 3.05) is 6.54 Å². The Morgan fingerprint density at radius 2 is 2.25 bits per heavy atom. The van der Waals surface area contributed by atoms with Gasteiger partial charge in [-0.2, -0.15) is 0 Å². The molecule has 2 nitrogen and oxygen atoms in total. The highest BCUT2D eigenvalue weighted by molar-refractivity contribution is 5.40. The van der Waals surface area contributed by atoms with Crippen LogP contribution in [0, 0.1) is 0 Å². The number of hydrogen-bond donors (Lipinski definition) is 1. The average molecular weight is 161 g/mol. The quantitative estimate of drug-likeness (QED) is 0.628. The van der Waals surface area contributed by atoms with Crippen LogP contribution < -0.4 is 5.73 Å². The highest BCUT2D eigenvalue weighted by Gasteiger charge is 2.19. The fourth-order valence-electron chi connectivity index (χ4n) is 1.33. The van der Waals surface area contributed by atoms with Gasteiger partial charge in [0.25, 0.3) is 0 Å². The van der Waals surface area contributed by atoms with Gasteiger partial charge in [0.05, 0.1) is 6.54 Å². The van der Waals surface area contributed by atoms with Gasteiger partial charge in [-0.15, -0.1) is 0 Å². The maximum absolute atomic E-state index is 5.54. The SMILES string of the molecule is NCC1=CC2=CC=CC=CC2O1. The van der Waals surface area contributed by atoms with Crippen LogP contribution in [0.1, 0.15) is 0 Å². The number of nitrogens with two attached hydrogens (primary N) is 1. The second-order valence-electron chi connectivity index (χ2n) is 2.79. The molecule has 0 spiro atoms. The minimum absolute atomic E-state index is 0.0820. The third kappa shape index (κ3) is 1.21. The van der Waals surface area contributed by atoms with E-state index in [2.05, 4.69) is 0 Å². The number of ether oxygens (including phenoxy) is 1. The van der Waals surface area contributed by atoms with E-state index in [9.17, 15) is 0 Å².